The number of hydrogen-bond donors (Lipinski definition) is 1. The molecule has 0 amide bonds. The van der Waals surface area contributed by atoms with Crippen LogP contribution in [0, 0.1) is 34.5 Å². The van der Waals surface area contributed by atoms with E-state index in [1.54, 1.807) is 7.11 Å². The molecular weight excluding hydrogens is 438 g/mol. The molecule has 7 fully saturated rings. The third-order valence-electron chi connectivity index (χ3n) is 12.0. The Morgan fingerprint density at radius 3 is 2.59 bits per heavy atom. The Morgan fingerprint density at radius 2 is 1.91 bits per heavy atom. The molecule has 13 atom stereocenters. The van der Waals surface area contributed by atoms with Crippen molar-refractivity contribution in [2.24, 2.45) is 34.5 Å². The van der Waals surface area contributed by atoms with E-state index in [4.69, 9.17) is 28.4 Å². The van der Waals surface area contributed by atoms with E-state index >= 15 is 0 Å². The van der Waals surface area contributed by atoms with Gasteiger partial charge in [-0.25, -0.2) is 0 Å². The third-order valence-corrected chi connectivity index (χ3v) is 12.0. The van der Waals surface area contributed by atoms with Gasteiger partial charge in [-0.3, -0.25) is 4.90 Å². The number of piperidine rings is 1. The number of aliphatic hydroxyl groups is 1. The molecule has 5 saturated carbocycles. The van der Waals surface area contributed by atoms with Gasteiger partial charge in [0.05, 0.1) is 37.1 Å². The first kappa shape index (κ1) is 22.8. The predicted molar refractivity (Wildman–Crippen MR) is 121 cm³/mol. The average Bonchev–Trinajstić information content (AvgIpc) is 3.42. The van der Waals surface area contributed by atoms with Crippen molar-refractivity contribution in [1.29, 1.82) is 0 Å². The molecule has 3 spiro atoms. The molecule has 1 N–H and O–H groups in total. The highest BCUT2D eigenvalue weighted by atomic mass is 16.7. The SMILES string of the molecule is CCN1C[C@]2(COC)CCC(OC)C34[C@@H]5C[C@H]6C(OC)C5[C@@]5(C[C@@H]6OC)OCO[C@@]5([C@H]13)[C@@H](O)[C@@H]42. The smallest absolute Gasteiger partial charge is 0.148 e. The molecule has 192 valence electrons. The molecule has 2 saturated heterocycles. The van der Waals surface area contributed by atoms with Crippen molar-refractivity contribution in [2.75, 3.05) is 54.9 Å². The van der Waals surface area contributed by atoms with Crippen molar-refractivity contribution in [3.63, 3.8) is 0 Å². The summed E-state index contributed by atoms with van der Waals surface area (Å²) >= 11 is 0. The number of fused-ring (bicyclic) bond motifs is 1. The summed E-state index contributed by atoms with van der Waals surface area (Å²) in [7, 11) is 7.32. The second-order valence-corrected chi connectivity index (χ2v) is 12.2. The van der Waals surface area contributed by atoms with Gasteiger partial charge in [-0.1, -0.05) is 6.92 Å². The molecule has 7 rings (SSSR count). The van der Waals surface area contributed by atoms with Crippen LogP contribution in [0.25, 0.3) is 0 Å². The number of likely N-dealkylation sites (tertiary alicyclic amines) is 1. The minimum Gasteiger partial charge on any atom is -0.390 e. The quantitative estimate of drug-likeness (QED) is 0.611. The molecule has 7 bridgehead atoms. The Kier molecular flexibility index (Phi) is 4.81. The van der Waals surface area contributed by atoms with Crippen LogP contribution in [0.15, 0.2) is 0 Å². The number of hydrogen-bond acceptors (Lipinski definition) is 8. The molecule has 0 radical (unpaired) electrons. The van der Waals surface area contributed by atoms with E-state index in [1.807, 2.05) is 21.3 Å². The fourth-order valence-electron chi connectivity index (χ4n) is 11.7. The van der Waals surface area contributed by atoms with Gasteiger partial charge in [0.1, 0.15) is 18.0 Å². The van der Waals surface area contributed by atoms with Crippen molar-refractivity contribution < 1.29 is 33.5 Å². The summed E-state index contributed by atoms with van der Waals surface area (Å²) in [5.41, 5.74) is -1.83. The highest BCUT2D eigenvalue weighted by molar-refractivity contribution is 5.42. The molecule has 2 heterocycles. The second-order valence-electron chi connectivity index (χ2n) is 12.2. The van der Waals surface area contributed by atoms with E-state index in [2.05, 4.69) is 11.8 Å². The fraction of sp³-hybridized carbons (Fsp3) is 1.00. The lowest BCUT2D eigenvalue weighted by atomic mass is 9.42. The summed E-state index contributed by atoms with van der Waals surface area (Å²) in [6, 6.07) is 0.0378. The van der Waals surface area contributed by atoms with E-state index in [0.29, 0.717) is 18.4 Å². The van der Waals surface area contributed by atoms with Crippen molar-refractivity contribution in [2.45, 2.75) is 74.3 Å². The van der Waals surface area contributed by atoms with Crippen molar-refractivity contribution >= 4 is 0 Å². The summed E-state index contributed by atoms with van der Waals surface area (Å²) in [5.74, 6) is 0.813. The second kappa shape index (κ2) is 7.16. The molecule has 8 nitrogen and oxygen atoms in total. The predicted octanol–water partition coefficient (Wildman–Crippen LogP) is 1.29. The summed E-state index contributed by atoms with van der Waals surface area (Å²) in [6.07, 6.45) is 3.20. The van der Waals surface area contributed by atoms with Crippen molar-refractivity contribution in [3.8, 4) is 0 Å². The zero-order chi connectivity index (χ0) is 23.7. The average molecular weight is 480 g/mol. The Morgan fingerprint density at radius 1 is 1.09 bits per heavy atom. The highest BCUT2D eigenvalue weighted by Crippen LogP contribution is 2.82. The molecule has 8 heteroatoms. The van der Waals surface area contributed by atoms with Gasteiger partial charge < -0.3 is 33.5 Å². The highest BCUT2D eigenvalue weighted by Gasteiger charge is 2.93. The maximum Gasteiger partial charge on any atom is 0.148 e. The van der Waals surface area contributed by atoms with Crippen LogP contribution in [-0.2, 0) is 28.4 Å². The number of rotatable bonds is 6. The number of nitrogens with zero attached hydrogens (tertiary/aromatic N) is 1. The summed E-state index contributed by atoms with van der Waals surface area (Å²) in [5, 5.41) is 12.6. The van der Waals surface area contributed by atoms with Crippen molar-refractivity contribution in [1.82, 2.24) is 4.90 Å². The van der Waals surface area contributed by atoms with Gasteiger partial charge in [0, 0.05) is 70.0 Å². The third kappa shape index (κ3) is 2.05. The maximum atomic E-state index is 12.6. The summed E-state index contributed by atoms with van der Waals surface area (Å²) < 4.78 is 38.3. The lowest BCUT2D eigenvalue weighted by Crippen LogP contribution is -2.81. The van der Waals surface area contributed by atoms with Crippen LogP contribution >= 0.6 is 0 Å². The fourth-order valence-corrected chi connectivity index (χ4v) is 11.7. The molecule has 5 aliphatic carbocycles. The maximum absolute atomic E-state index is 12.6. The Bertz CT molecular complexity index is 859. The van der Waals surface area contributed by atoms with Gasteiger partial charge in [-0.2, -0.15) is 0 Å². The topological polar surface area (TPSA) is 78.9 Å². The van der Waals surface area contributed by atoms with Crippen LogP contribution in [0.1, 0.15) is 32.6 Å². The number of methoxy groups -OCH3 is 4. The Hall–Kier alpha value is -0.320. The molecule has 2 aliphatic heterocycles. The monoisotopic (exact) mass is 479 g/mol. The molecular formula is C26H41NO7. The first-order chi connectivity index (χ1) is 16.5. The normalized spacial score (nSPS) is 61.1. The molecule has 7 aliphatic rings. The molecule has 0 aromatic rings. The number of aliphatic hydroxyl groups excluding tert-OH is 1. The minimum atomic E-state index is -0.825. The van der Waals surface area contributed by atoms with Crippen LogP contribution in [-0.4, -0.2) is 107 Å². The van der Waals surface area contributed by atoms with Gasteiger partial charge in [0.15, 0.2) is 0 Å². The van der Waals surface area contributed by atoms with Crippen LogP contribution in [0.3, 0.4) is 0 Å². The zero-order valence-corrected chi connectivity index (χ0v) is 21.2. The van der Waals surface area contributed by atoms with E-state index in [-0.39, 0.29) is 53.8 Å². The molecule has 34 heavy (non-hydrogen) atoms. The minimum absolute atomic E-state index is 0.0240. The molecule has 0 aromatic carbocycles. The van der Waals surface area contributed by atoms with Gasteiger partial charge in [-0.05, 0) is 31.7 Å². The van der Waals surface area contributed by atoms with Crippen LogP contribution in [0.4, 0.5) is 0 Å². The lowest BCUT2D eigenvalue weighted by molar-refractivity contribution is -0.287. The number of ether oxygens (including phenoxy) is 6. The van der Waals surface area contributed by atoms with E-state index in [9.17, 15) is 5.11 Å². The van der Waals surface area contributed by atoms with Crippen molar-refractivity contribution in [3.05, 3.63) is 0 Å². The van der Waals surface area contributed by atoms with Gasteiger partial charge in [0.25, 0.3) is 0 Å². The van der Waals surface area contributed by atoms with E-state index < -0.39 is 17.3 Å². The largest absolute Gasteiger partial charge is 0.390 e. The van der Waals surface area contributed by atoms with Gasteiger partial charge in [-0.15, -0.1) is 0 Å². The van der Waals surface area contributed by atoms with Crippen LogP contribution in [0.2, 0.25) is 0 Å². The first-order valence-electron chi connectivity index (χ1n) is 13.2. The van der Waals surface area contributed by atoms with E-state index in [0.717, 1.165) is 38.8 Å². The van der Waals surface area contributed by atoms with Gasteiger partial charge in [0.2, 0.25) is 0 Å². The first-order valence-corrected chi connectivity index (χ1v) is 13.2. The Labute approximate surface area is 202 Å². The lowest BCUT2D eigenvalue weighted by Gasteiger charge is -2.70. The standard InChI is InChI=1S/C26H41NO7/c1-6-27-11-23(12-29-2)8-7-17(31-4)25-15-9-14-16(30-3)10-24(18(15)19(14)32-5)26(22(25)27,34-13-33-24)21(28)20(23)25/h14-22,28H,6-13H2,1-5H3/t14-,15-,16+,17?,18?,19?,20-,21+,22-,23+,24-,25?,26-/m1/s1. The molecule has 4 unspecified atom stereocenters. The van der Waals surface area contributed by atoms with Crippen LogP contribution in [0.5, 0.6) is 0 Å². The molecule has 0 aromatic heterocycles. The Balaban J connectivity index is 1.55. The van der Waals surface area contributed by atoms with Crippen LogP contribution < -0.4 is 0 Å². The number of likely N-dealkylation sites (N-methyl/N-ethyl adjacent to an activating group) is 1. The summed E-state index contributed by atoms with van der Waals surface area (Å²) in [6.45, 7) is 4.93. The zero-order valence-electron chi connectivity index (χ0n) is 21.2. The van der Waals surface area contributed by atoms with E-state index in [1.165, 1.54) is 0 Å². The summed E-state index contributed by atoms with van der Waals surface area (Å²) in [4.78, 5) is 2.61. The van der Waals surface area contributed by atoms with Gasteiger partial charge >= 0.3 is 0 Å².